The summed E-state index contributed by atoms with van der Waals surface area (Å²) in [5, 5.41) is 9.22. The number of anilines is 2. The van der Waals surface area contributed by atoms with Gasteiger partial charge in [0.25, 0.3) is 0 Å². The van der Waals surface area contributed by atoms with Crippen LogP contribution >= 0.6 is 0 Å². The Morgan fingerprint density at radius 1 is 1.44 bits per heavy atom. The molecule has 2 rings (SSSR count). The summed E-state index contributed by atoms with van der Waals surface area (Å²) >= 11 is 0. The molecule has 2 N–H and O–H groups in total. The Balaban J connectivity index is 2.38. The van der Waals surface area contributed by atoms with Gasteiger partial charge in [-0.2, -0.15) is 5.26 Å². The minimum Gasteiger partial charge on any atom is -0.397 e. The maximum atomic E-state index is 9.22. The molecule has 0 amide bonds. The van der Waals surface area contributed by atoms with Crippen LogP contribution in [0.25, 0.3) is 0 Å². The first-order chi connectivity index (χ1) is 8.52. The van der Waals surface area contributed by atoms with Gasteiger partial charge in [0, 0.05) is 12.6 Å². The number of hydrogen-bond donors (Lipinski definition) is 1. The SMILES string of the molecule is CC1CC(C)C(C)N(c2ncc(N)cc2C#N)C1. The largest absolute Gasteiger partial charge is 0.397 e. The second-order valence-electron chi connectivity index (χ2n) is 5.46. The third-order valence-electron chi connectivity index (χ3n) is 3.88. The highest BCUT2D eigenvalue weighted by molar-refractivity contribution is 5.59. The first-order valence-electron chi connectivity index (χ1n) is 6.45. The van der Waals surface area contributed by atoms with Crippen LogP contribution in [0.1, 0.15) is 32.8 Å². The molecular formula is C14H20N4. The van der Waals surface area contributed by atoms with Crippen molar-refractivity contribution in [3.05, 3.63) is 17.8 Å². The molecule has 18 heavy (non-hydrogen) atoms. The highest BCUT2D eigenvalue weighted by Crippen LogP contribution is 2.32. The van der Waals surface area contributed by atoms with Gasteiger partial charge in [0.05, 0.1) is 17.4 Å². The standard InChI is InChI=1S/C14H20N4/c1-9-4-10(2)11(3)18(8-9)14-12(6-15)5-13(16)7-17-14/h5,7,9-11H,4,8,16H2,1-3H3. The number of nitriles is 1. The molecule has 1 fully saturated rings. The van der Waals surface area contributed by atoms with Gasteiger partial charge >= 0.3 is 0 Å². The van der Waals surface area contributed by atoms with Crippen molar-refractivity contribution in [2.45, 2.75) is 33.2 Å². The second-order valence-corrected chi connectivity index (χ2v) is 5.46. The zero-order valence-electron chi connectivity index (χ0n) is 11.2. The number of nitrogen functional groups attached to an aromatic ring is 1. The Hall–Kier alpha value is -1.76. The summed E-state index contributed by atoms with van der Waals surface area (Å²) in [7, 11) is 0. The molecule has 4 heteroatoms. The van der Waals surface area contributed by atoms with E-state index in [9.17, 15) is 5.26 Å². The number of nitrogens with two attached hydrogens (primary N) is 1. The van der Waals surface area contributed by atoms with E-state index in [1.165, 1.54) is 6.42 Å². The van der Waals surface area contributed by atoms with Gasteiger partial charge in [0.15, 0.2) is 0 Å². The molecule has 0 aliphatic carbocycles. The molecule has 3 atom stereocenters. The molecule has 1 aliphatic heterocycles. The minimum atomic E-state index is 0.407. The highest BCUT2D eigenvalue weighted by Gasteiger charge is 2.30. The second kappa shape index (κ2) is 4.85. The monoisotopic (exact) mass is 244 g/mol. The van der Waals surface area contributed by atoms with Crippen LogP contribution in [0.4, 0.5) is 11.5 Å². The molecular weight excluding hydrogens is 224 g/mol. The predicted molar refractivity (Wildman–Crippen MR) is 73.1 cm³/mol. The van der Waals surface area contributed by atoms with Gasteiger partial charge in [0.2, 0.25) is 0 Å². The zero-order chi connectivity index (χ0) is 13.3. The Morgan fingerprint density at radius 3 is 2.83 bits per heavy atom. The molecule has 2 heterocycles. The normalized spacial score (nSPS) is 27.9. The maximum absolute atomic E-state index is 9.22. The number of aromatic nitrogens is 1. The van der Waals surface area contributed by atoms with Crippen LogP contribution in [0.5, 0.6) is 0 Å². The highest BCUT2D eigenvalue weighted by atomic mass is 15.2. The molecule has 96 valence electrons. The average molecular weight is 244 g/mol. The zero-order valence-corrected chi connectivity index (χ0v) is 11.2. The molecule has 0 saturated carbocycles. The molecule has 1 saturated heterocycles. The van der Waals surface area contributed by atoms with E-state index in [2.05, 4.69) is 36.7 Å². The lowest BCUT2D eigenvalue weighted by atomic mass is 9.86. The van der Waals surface area contributed by atoms with E-state index >= 15 is 0 Å². The van der Waals surface area contributed by atoms with Crippen LogP contribution in [0.3, 0.4) is 0 Å². The number of rotatable bonds is 1. The summed E-state index contributed by atoms with van der Waals surface area (Å²) in [4.78, 5) is 6.62. The number of hydrogen-bond acceptors (Lipinski definition) is 4. The quantitative estimate of drug-likeness (QED) is 0.823. The van der Waals surface area contributed by atoms with E-state index < -0.39 is 0 Å². The fourth-order valence-electron chi connectivity index (χ4n) is 2.78. The lowest BCUT2D eigenvalue weighted by Crippen LogP contribution is -2.46. The fourth-order valence-corrected chi connectivity index (χ4v) is 2.78. The first-order valence-corrected chi connectivity index (χ1v) is 6.45. The van der Waals surface area contributed by atoms with Gasteiger partial charge in [-0.1, -0.05) is 13.8 Å². The van der Waals surface area contributed by atoms with Crippen LogP contribution in [-0.2, 0) is 0 Å². The van der Waals surface area contributed by atoms with Crippen LogP contribution in [0, 0.1) is 23.2 Å². The minimum absolute atomic E-state index is 0.407. The molecule has 0 bridgehead atoms. The lowest BCUT2D eigenvalue weighted by Gasteiger charge is -2.42. The van der Waals surface area contributed by atoms with Crippen molar-refractivity contribution >= 4 is 11.5 Å². The number of piperidine rings is 1. The molecule has 1 aromatic rings. The van der Waals surface area contributed by atoms with Gasteiger partial charge in [-0.15, -0.1) is 0 Å². The van der Waals surface area contributed by atoms with Crippen LogP contribution in [-0.4, -0.2) is 17.6 Å². The van der Waals surface area contributed by atoms with Gasteiger partial charge < -0.3 is 10.6 Å². The van der Waals surface area contributed by atoms with Gasteiger partial charge in [-0.25, -0.2) is 4.98 Å². The third kappa shape index (κ3) is 2.26. The van der Waals surface area contributed by atoms with Crippen LogP contribution in [0.2, 0.25) is 0 Å². The number of nitrogens with zero attached hydrogens (tertiary/aromatic N) is 3. The maximum Gasteiger partial charge on any atom is 0.146 e. The smallest absolute Gasteiger partial charge is 0.146 e. The van der Waals surface area contributed by atoms with Crippen molar-refractivity contribution < 1.29 is 0 Å². The van der Waals surface area contributed by atoms with Gasteiger partial charge in [-0.3, -0.25) is 0 Å². The van der Waals surface area contributed by atoms with E-state index in [1.807, 2.05) is 0 Å². The predicted octanol–water partition coefficient (Wildman–Crippen LogP) is 2.41. The van der Waals surface area contributed by atoms with Crippen LogP contribution in [0.15, 0.2) is 12.3 Å². The molecule has 0 aromatic carbocycles. The van der Waals surface area contributed by atoms with Crippen molar-refractivity contribution in [1.29, 1.82) is 5.26 Å². The Morgan fingerprint density at radius 2 is 2.17 bits per heavy atom. The Bertz CT molecular complexity index is 477. The van der Waals surface area contributed by atoms with E-state index in [4.69, 9.17) is 5.73 Å². The van der Waals surface area contributed by atoms with Crippen molar-refractivity contribution in [3.63, 3.8) is 0 Å². The molecule has 1 aromatic heterocycles. The molecule has 3 unspecified atom stereocenters. The molecule has 0 spiro atoms. The molecule has 1 aliphatic rings. The summed E-state index contributed by atoms with van der Waals surface area (Å²) in [6.45, 7) is 7.67. The van der Waals surface area contributed by atoms with Gasteiger partial charge in [-0.05, 0) is 31.2 Å². The Kier molecular flexibility index (Phi) is 3.42. The topological polar surface area (TPSA) is 65.9 Å². The van der Waals surface area contributed by atoms with E-state index in [-0.39, 0.29) is 0 Å². The third-order valence-corrected chi connectivity index (χ3v) is 3.88. The van der Waals surface area contributed by atoms with Crippen molar-refractivity contribution in [2.24, 2.45) is 11.8 Å². The van der Waals surface area contributed by atoms with Crippen LogP contribution < -0.4 is 10.6 Å². The number of pyridine rings is 1. The fraction of sp³-hybridized carbons (Fsp3) is 0.571. The molecule has 4 nitrogen and oxygen atoms in total. The summed E-state index contributed by atoms with van der Waals surface area (Å²) in [5.74, 6) is 2.01. The average Bonchev–Trinajstić information content (AvgIpc) is 2.34. The van der Waals surface area contributed by atoms with E-state index in [1.54, 1.807) is 12.3 Å². The van der Waals surface area contributed by atoms with Crippen molar-refractivity contribution in [3.8, 4) is 6.07 Å². The summed E-state index contributed by atoms with van der Waals surface area (Å²) in [6, 6.07) is 4.31. The summed E-state index contributed by atoms with van der Waals surface area (Å²) < 4.78 is 0. The lowest BCUT2D eigenvalue weighted by molar-refractivity contribution is 0.295. The van der Waals surface area contributed by atoms with Crippen molar-refractivity contribution in [2.75, 3.05) is 17.2 Å². The Labute approximate surface area is 108 Å². The van der Waals surface area contributed by atoms with Gasteiger partial charge in [0.1, 0.15) is 11.9 Å². The van der Waals surface area contributed by atoms with E-state index in [0.29, 0.717) is 29.1 Å². The first kappa shape index (κ1) is 12.7. The molecule has 0 radical (unpaired) electrons. The summed E-state index contributed by atoms with van der Waals surface area (Å²) in [5.41, 5.74) is 6.80. The summed E-state index contributed by atoms with van der Waals surface area (Å²) in [6.07, 6.45) is 2.86. The van der Waals surface area contributed by atoms with E-state index in [0.717, 1.165) is 12.4 Å². The van der Waals surface area contributed by atoms with Crippen molar-refractivity contribution in [1.82, 2.24) is 4.98 Å².